The number of rotatable bonds is 1. The number of H-pyrrole nitrogens is 1. The summed E-state index contributed by atoms with van der Waals surface area (Å²) in [5.41, 5.74) is 2.79. The molecule has 0 aliphatic heterocycles. The van der Waals surface area contributed by atoms with E-state index in [0.717, 1.165) is 16.9 Å². The number of benzene rings is 1. The van der Waals surface area contributed by atoms with E-state index in [9.17, 15) is 0 Å². The molecule has 3 heteroatoms. The van der Waals surface area contributed by atoms with Gasteiger partial charge in [0, 0.05) is 5.92 Å². The molecule has 0 saturated heterocycles. The van der Waals surface area contributed by atoms with Gasteiger partial charge in [0.05, 0.1) is 11.1 Å². The van der Waals surface area contributed by atoms with Crippen molar-refractivity contribution in [3.63, 3.8) is 0 Å². The third-order valence-electron chi connectivity index (χ3n) is 3.49. The number of nitrogens with one attached hydrogen (secondary N) is 1. The van der Waals surface area contributed by atoms with Crippen LogP contribution in [0.4, 0.5) is 0 Å². The van der Waals surface area contributed by atoms with Gasteiger partial charge in [0.25, 0.3) is 0 Å². The molecule has 16 heavy (non-hydrogen) atoms. The molecule has 0 amide bonds. The first-order valence-electron chi connectivity index (χ1n) is 5.50. The first kappa shape index (κ1) is 9.41. The molecule has 1 saturated carbocycles. The van der Waals surface area contributed by atoms with Crippen LogP contribution < -0.4 is 0 Å². The van der Waals surface area contributed by atoms with Gasteiger partial charge in [-0.15, -0.1) is 0 Å². The minimum Gasteiger partial charge on any atom is -0.342 e. The second-order valence-corrected chi connectivity index (χ2v) is 5.18. The molecule has 1 aromatic heterocycles. The van der Waals surface area contributed by atoms with Crippen LogP contribution in [-0.4, -0.2) is 9.97 Å². The Kier molecular flexibility index (Phi) is 1.68. The summed E-state index contributed by atoms with van der Waals surface area (Å²) in [4.78, 5) is 7.89. The Morgan fingerprint density at radius 3 is 2.88 bits per heavy atom. The molecule has 1 heterocycles. The Morgan fingerprint density at radius 2 is 2.25 bits per heavy atom. The lowest BCUT2D eigenvalue weighted by atomic mass is 10.1. The standard InChI is InChI=1S/C13H13N3/c1-13(2)6-9(13)12-15-10-5-3-4-8(7-14)11(10)16-12/h3-5,9H,6H2,1-2H3,(H,15,16). The van der Waals surface area contributed by atoms with Crippen molar-refractivity contribution in [2.75, 3.05) is 0 Å². The first-order chi connectivity index (χ1) is 7.62. The lowest BCUT2D eigenvalue weighted by molar-refractivity contribution is 0.612. The largest absolute Gasteiger partial charge is 0.342 e. The number of nitrogens with zero attached hydrogens (tertiary/aromatic N) is 2. The van der Waals surface area contributed by atoms with Crippen molar-refractivity contribution in [3.05, 3.63) is 29.6 Å². The van der Waals surface area contributed by atoms with Crippen LogP contribution in [0.3, 0.4) is 0 Å². The Hall–Kier alpha value is -1.82. The summed E-state index contributed by atoms with van der Waals surface area (Å²) in [7, 11) is 0. The fourth-order valence-electron chi connectivity index (χ4n) is 2.24. The van der Waals surface area contributed by atoms with E-state index in [1.165, 1.54) is 6.42 Å². The Balaban J connectivity index is 2.14. The molecule has 3 rings (SSSR count). The number of para-hydroxylation sites is 1. The highest BCUT2D eigenvalue weighted by atomic mass is 14.9. The summed E-state index contributed by atoms with van der Waals surface area (Å²) < 4.78 is 0. The molecule has 1 aliphatic carbocycles. The average molecular weight is 211 g/mol. The fourth-order valence-corrected chi connectivity index (χ4v) is 2.24. The third kappa shape index (κ3) is 1.23. The zero-order chi connectivity index (χ0) is 11.3. The smallest absolute Gasteiger partial charge is 0.110 e. The van der Waals surface area contributed by atoms with E-state index in [2.05, 4.69) is 29.9 Å². The predicted molar refractivity (Wildman–Crippen MR) is 61.9 cm³/mol. The van der Waals surface area contributed by atoms with Gasteiger partial charge in [-0.1, -0.05) is 19.9 Å². The van der Waals surface area contributed by atoms with Gasteiger partial charge in [0.1, 0.15) is 17.4 Å². The highest BCUT2D eigenvalue weighted by Gasteiger charge is 2.48. The highest BCUT2D eigenvalue weighted by Crippen LogP contribution is 2.57. The van der Waals surface area contributed by atoms with Crippen LogP contribution >= 0.6 is 0 Å². The van der Waals surface area contributed by atoms with E-state index in [-0.39, 0.29) is 0 Å². The number of nitriles is 1. The molecule has 0 radical (unpaired) electrons. The minimum atomic E-state index is 0.362. The van der Waals surface area contributed by atoms with E-state index in [1.54, 1.807) is 0 Å². The van der Waals surface area contributed by atoms with E-state index in [0.29, 0.717) is 16.9 Å². The molecule has 1 N–H and O–H groups in total. The van der Waals surface area contributed by atoms with Crippen molar-refractivity contribution in [3.8, 4) is 6.07 Å². The molecule has 3 nitrogen and oxygen atoms in total. The van der Waals surface area contributed by atoms with Gasteiger partial charge in [-0.05, 0) is 24.0 Å². The number of hydrogen-bond acceptors (Lipinski definition) is 2. The SMILES string of the molecule is CC1(C)CC1c1nc2c(C#N)cccc2[nH]1. The molecule has 1 unspecified atom stereocenters. The fraction of sp³-hybridized carbons (Fsp3) is 0.385. The van der Waals surface area contributed by atoms with Crippen molar-refractivity contribution in [2.45, 2.75) is 26.2 Å². The number of aromatic amines is 1. The van der Waals surface area contributed by atoms with E-state index in [1.807, 2.05) is 18.2 Å². The van der Waals surface area contributed by atoms with Gasteiger partial charge < -0.3 is 4.98 Å². The van der Waals surface area contributed by atoms with Crippen molar-refractivity contribution >= 4 is 11.0 Å². The van der Waals surface area contributed by atoms with Gasteiger partial charge in [0.2, 0.25) is 0 Å². The maximum Gasteiger partial charge on any atom is 0.110 e. The summed E-state index contributed by atoms with van der Waals surface area (Å²) in [5.74, 6) is 1.55. The summed E-state index contributed by atoms with van der Waals surface area (Å²) in [6.07, 6.45) is 1.18. The van der Waals surface area contributed by atoms with Crippen LogP contribution in [0.1, 0.15) is 37.6 Å². The molecule has 2 aromatic rings. The van der Waals surface area contributed by atoms with Crippen molar-refractivity contribution in [2.24, 2.45) is 5.41 Å². The van der Waals surface area contributed by atoms with E-state index >= 15 is 0 Å². The lowest BCUT2D eigenvalue weighted by Crippen LogP contribution is -1.91. The summed E-state index contributed by atoms with van der Waals surface area (Å²) in [6, 6.07) is 7.86. The van der Waals surface area contributed by atoms with Gasteiger partial charge >= 0.3 is 0 Å². The molecule has 1 aromatic carbocycles. The Labute approximate surface area is 94.1 Å². The van der Waals surface area contributed by atoms with Crippen LogP contribution in [0.2, 0.25) is 0 Å². The van der Waals surface area contributed by atoms with Crippen LogP contribution in [0.25, 0.3) is 11.0 Å². The number of imidazole rings is 1. The van der Waals surface area contributed by atoms with Crippen LogP contribution in [0.15, 0.2) is 18.2 Å². The molecular weight excluding hydrogens is 198 g/mol. The van der Waals surface area contributed by atoms with Gasteiger partial charge in [-0.3, -0.25) is 0 Å². The number of fused-ring (bicyclic) bond motifs is 1. The monoisotopic (exact) mass is 211 g/mol. The summed E-state index contributed by atoms with van der Waals surface area (Å²) >= 11 is 0. The average Bonchev–Trinajstić information content (AvgIpc) is 2.74. The molecule has 80 valence electrons. The Bertz CT molecular complexity index is 601. The summed E-state index contributed by atoms with van der Waals surface area (Å²) in [6.45, 7) is 4.49. The zero-order valence-electron chi connectivity index (χ0n) is 9.41. The Morgan fingerprint density at radius 1 is 1.50 bits per heavy atom. The topological polar surface area (TPSA) is 52.5 Å². The first-order valence-corrected chi connectivity index (χ1v) is 5.50. The lowest BCUT2D eigenvalue weighted by Gasteiger charge is -1.97. The molecule has 1 aliphatic rings. The summed E-state index contributed by atoms with van der Waals surface area (Å²) in [5, 5.41) is 9.00. The highest BCUT2D eigenvalue weighted by molar-refractivity contribution is 5.81. The van der Waals surface area contributed by atoms with Gasteiger partial charge in [-0.25, -0.2) is 4.98 Å². The van der Waals surface area contributed by atoms with E-state index < -0.39 is 0 Å². The second-order valence-electron chi connectivity index (χ2n) is 5.18. The van der Waals surface area contributed by atoms with E-state index in [4.69, 9.17) is 5.26 Å². The molecular formula is C13H13N3. The van der Waals surface area contributed by atoms with Gasteiger partial charge in [0.15, 0.2) is 0 Å². The second kappa shape index (κ2) is 2.85. The maximum absolute atomic E-state index is 9.00. The van der Waals surface area contributed by atoms with Crippen LogP contribution in [0.5, 0.6) is 0 Å². The molecule has 1 atom stereocenters. The number of aromatic nitrogens is 2. The molecule has 0 spiro atoms. The molecule has 1 fully saturated rings. The van der Waals surface area contributed by atoms with Gasteiger partial charge in [-0.2, -0.15) is 5.26 Å². The van der Waals surface area contributed by atoms with Crippen molar-refractivity contribution in [1.82, 2.24) is 9.97 Å². The maximum atomic E-state index is 9.00. The third-order valence-corrected chi connectivity index (χ3v) is 3.49. The number of hydrogen-bond donors (Lipinski definition) is 1. The van der Waals surface area contributed by atoms with Crippen LogP contribution in [0, 0.1) is 16.7 Å². The van der Waals surface area contributed by atoms with Crippen molar-refractivity contribution < 1.29 is 0 Å². The van der Waals surface area contributed by atoms with Crippen molar-refractivity contribution in [1.29, 1.82) is 5.26 Å². The zero-order valence-corrected chi connectivity index (χ0v) is 9.41. The quantitative estimate of drug-likeness (QED) is 0.788. The predicted octanol–water partition coefficient (Wildman–Crippen LogP) is 2.95. The van der Waals surface area contributed by atoms with Crippen LogP contribution in [-0.2, 0) is 0 Å². The normalized spacial score (nSPS) is 21.9. The molecule has 0 bridgehead atoms. The minimum absolute atomic E-state index is 0.362.